The van der Waals surface area contributed by atoms with Gasteiger partial charge in [-0.1, -0.05) is 35.2 Å². The summed E-state index contributed by atoms with van der Waals surface area (Å²) in [5.41, 5.74) is 1.97. The quantitative estimate of drug-likeness (QED) is 0.823. The van der Waals surface area contributed by atoms with Gasteiger partial charge in [0.2, 0.25) is 5.91 Å². The molecule has 2 heterocycles. The number of carbonyl (C=O) groups is 1. The molecule has 1 aromatic heterocycles. The first-order valence-corrected chi connectivity index (χ1v) is 9.67. The molecule has 128 valence electrons. The molecule has 1 saturated heterocycles. The molecule has 3 rings (SSSR count). The van der Waals surface area contributed by atoms with Crippen LogP contribution in [-0.2, 0) is 4.79 Å². The van der Waals surface area contributed by atoms with E-state index in [9.17, 15) is 4.79 Å². The number of thioether (sulfide) groups is 1. The van der Waals surface area contributed by atoms with Gasteiger partial charge in [0, 0.05) is 26.2 Å². The van der Waals surface area contributed by atoms with Gasteiger partial charge in [-0.15, -0.1) is 10.2 Å². The van der Waals surface area contributed by atoms with Gasteiger partial charge in [0.25, 0.3) is 0 Å². The van der Waals surface area contributed by atoms with Crippen molar-refractivity contribution in [2.75, 3.05) is 49.2 Å². The van der Waals surface area contributed by atoms with Crippen LogP contribution in [0.2, 0.25) is 0 Å². The predicted molar refractivity (Wildman–Crippen MR) is 100 cm³/mol. The summed E-state index contributed by atoms with van der Waals surface area (Å²) in [6.45, 7) is 5.93. The van der Waals surface area contributed by atoms with Crippen molar-refractivity contribution in [1.29, 1.82) is 0 Å². The van der Waals surface area contributed by atoms with Gasteiger partial charge in [-0.2, -0.15) is 0 Å². The number of nitrogens with zero attached hydrogens (tertiary/aromatic N) is 4. The average molecular weight is 364 g/mol. The van der Waals surface area contributed by atoms with Gasteiger partial charge < -0.3 is 15.1 Å². The summed E-state index contributed by atoms with van der Waals surface area (Å²) in [4.78, 5) is 16.9. The monoisotopic (exact) mass is 363 g/mol. The second-order valence-electron chi connectivity index (χ2n) is 5.73. The van der Waals surface area contributed by atoms with E-state index in [2.05, 4.69) is 38.4 Å². The number of aryl methyl sites for hydroxylation is 1. The van der Waals surface area contributed by atoms with Crippen LogP contribution in [0.1, 0.15) is 5.01 Å². The third-order valence-corrected chi connectivity index (χ3v) is 5.83. The maximum absolute atomic E-state index is 12.3. The molecule has 0 bridgehead atoms. The molecule has 1 aliphatic rings. The molecule has 0 spiro atoms. The molecular weight excluding hydrogens is 342 g/mol. The highest BCUT2D eigenvalue weighted by Crippen LogP contribution is 2.27. The molecule has 1 aromatic carbocycles. The van der Waals surface area contributed by atoms with E-state index in [-0.39, 0.29) is 5.91 Å². The van der Waals surface area contributed by atoms with Gasteiger partial charge in [-0.3, -0.25) is 4.79 Å². The van der Waals surface area contributed by atoms with Gasteiger partial charge in [-0.05, 0) is 26.1 Å². The van der Waals surface area contributed by atoms with Gasteiger partial charge in [0.1, 0.15) is 5.01 Å². The number of likely N-dealkylation sites (N-methyl/N-ethyl adjacent to an activating group) is 1. The fourth-order valence-corrected chi connectivity index (χ4v) is 4.17. The van der Waals surface area contributed by atoms with Crippen molar-refractivity contribution in [3.63, 3.8) is 0 Å². The Morgan fingerprint density at radius 2 is 2.00 bits per heavy atom. The molecule has 0 atom stereocenters. The van der Waals surface area contributed by atoms with Crippen molar-refractivity contribution in [3.05, 3.63) is 29.3 Å². The zero-order chi connectivity index (χ0) is 16.9. The van der Waals surface area contributed by atoms with Gasteiger partial charge in [0.15, 0.2) is 4.34 Å². The number of hydrogen-bond donors (Lipinski definition) is 1. The molecule has 8 heteroatoms. The zero-order valence-corrected chi connectivity index (χ0v) is 15.5. The number of hydrogen-bond acceptors (Lipinski definition) is 7. The highest BCUT2D eigenvalue weighted by atomic mass is 32.2. The van der Waals surface area contributed by atoms with Crippen LogP contribution in [-0.4, -0.2) is 60.0 Å². The Balaban J connectivity index is 1.61. The molecule has 1 N–H and O–H groups in total. The Kier molecular flexibility index (Phi) is 5.70. The Morgan fingerprint density at radius 1 is 1.25 bits per heavy atom. The van der Waals surface area contributed by atoms with Crippen molar-refractivity contribution >= 4 is 40.4 Å². The van der Waals surface area contributed by atoms with Crippen LogP contribution in [0.3, 0.4) is 0 Å². The Bertz CT molecular complexity index is 697. The minimum atomic E-state index is -0.0190. The lowest BCUT2D eigenvalue weighted by Gasteiger charge is -2.35. The normalized spacial score (nSPS) is 15.5. The fraction of sp³-hybridized carbons (Fsp3) is 0.438. The van der Waals surface area contributed by atoms with Crippen LogP contribution in [0.5, 0.6) is 0 Å². The highest BCUT2D eigenvalue weighted by Gasteiger charge is 2.17. The summed E-state index contributed by atoms with van der Waals surface area (Å²) >= 11 is 2.93. The number of para-hydroxylation sites is 2. The smallest absolute Gasteiger partial charge is 0.234 e. The van der Waals surface area contributed by atoms with Gasteiger partial charge >= 0.3 is 0 Å². The van der Waals surface area contributed by atoms with E-state index >= 15 is 0 Å². The van der Waals surface area contributed by atoms with Gasteiger partial charge in [-0.25, -0.2) is 0 Å². The summed E-state index contributed by atoms with van der Waals surface area (Å²) in [7, 11) is 2.14. The molecule has 0 saturated carbocycles. The molecule has 0 unspecified atom stereocenters. The second kappa shape index (κ2) is 7.96. The number of benzene rings is 1. The number of piperazine rings is 1. The lowest BCUT2D eigenvalue weighted by molar-refractivity contribution is -0.113. The standard InChI is InChI=1S/C16H21N5OS2/c1-12-18-19-16(24-12)23-11-15(22)17-13-5-3-4-6-14(13)21-9-7-20(2)8-10-21/h3-6H,7-11H2,1-2H3,(H,17,22). The van der Waals surface area contributed by atoms with Crippen molar-refractivity contribution in [1.82, 2.24) is 15.1 Å². The summed E-state index contributed by atoms with van der Waals surface area (Å²) in [5.74, 6) is 0.320. The van der Waals surface area contributed by atoms with E-state index in [1.54, 1.807) is 0 Å². The topological polar surface area (TPSA) is 61.4 Å². The number of carbonyl (C=O) groups excluding carboxylic acids is 1. The van der Waals surface area contributed by atoms with E-state index in [1.165, 1.54) is 23.1 Å². The molecular formula is C16H21N5OS2. The number of anilines is 2. The summed E-state index contributed by atoms with van der Waals surface area (Å²) < 4.78 is 0.829. The van der Waals surface area contributed by atoms with E-state index in [4.69, 9.17) is 0 Å². The molecule has 1 aliphatic heterocycles. The molecule has 0 radical (unpaired) electrons. The largest absolute Gasteiger partial charge is 0.367 e. The van der Waals surface area contributed by atoms with Gasteiger partial charge in [0.05, 0.1) is 17.1 Å². The van der Waals surface area contributed by atoms with E-state index in [0.29, 0.717) is 5.75 Å². The average Bonchev–Trinajstić information content (AvgIpc) is 3.00. The summed E-state index contributed by atoms with van der Waals surface area (Å²) in [6, 6.07) is 8.01. The number of amides is 1. The first-order valence-electron chi connectivity index (χ1n) is 7.87. The maximum Gasteiger partial charge on any atom is 0.234 e. The lowest BCUT2D eigenvalue weighted by Crippen LogP contribution is -2.44. The van der Waals surface area contributed by atoms with Crippen molar-refractivity contribution in [2.24, 2.45) is 0 Å². The first-order chi connectivity index (χ1) is 11.6. The van der Waals surface area contributed by atoms with Crippen molar-refractivity contribution in [3.8, 4) is 0 Å². The molecule has 1 fully saturated rings. The van der Waals surface area contributed by atoms with Crippen LogP contribution >= 0.6 is 23.1 Å². The van der Waals surface area contributed by atoms with Crippen LogP contribution in [0.15, 0.2) is 28.6 Å². The SMILES string of the molecule is Cc1nnc(SCC(=O)Nc2ccccc2N2CCN(C)CC2)s1. The molecule has 2 aromatic rings. The van der Waals surface area contributed by atoms with Crippen molar-refractivity contribution in [2.45, 2.75) is 11.3 Å². The van der Waals surface area contributed by atoms with Crippen LogP contribution in [0, 0.1) is 6.92 Å². The van der Waals surface area contributed by atoms with E-state index in [0.717, 1.165) is 46.9 Å². The fourth-order valence-electron chi connectivity index (χ4n) is 2.55. The lowest BCUT2D eigenvalue weighted by atomic mass is 10.2. The maximum atomic E-state index is 12.3. The summed E-state index contributed by atoms with van der Waals surface area (Å²) in [6.07, 6.45) is 0. The zero-order valence-electron chi connectivity index (χ0n) is 13.9. The van der Waals surface area contributed by atoms with E-state index in [1.807, 2.05) is 25.1 Å². The van der Waals surface area contributed by atoms with Crippen LogP contribution in [0.4, 0.5) is 11.4 Å². The number of rotatable bonds is 5. The number of nitrogens with one attached hydrogen (secondary N) is 1. The highest BCUT2D eigenvalue weighted by molar-refractivity contribution is 8.01. The molecule has 24 heavy (non-hydrogen) atoms. The second-order valence-corrected chi connectivity index (χ2v) is 8.14. The van der Waals surface area contributed by atoms with Crippen LogP contribution in [0.25, 0.3) is 0 Å². The molecule has 1 amide bonds. The predicted octanol–water partition coefficient (Wildman–Crippen LogP) is 2.33. The summed E-state index contributed by atoms with van der Waals surface area (Å²) in [5, 5.41) is 11.9. The first kappa shape index (κ1) is 17.2. The minimum Gasteiger partial charge on any atom is -0.367 e. The Morgan fingerprint density at radius 3 is 2.71 bits per heavy atom. The minimum absolute atomic E-state index is 0.0190. The Hall–Kier alpha value is -1.64. The Labute approximate surface area is 150 Å². The molecule has 6 nitrogen and oxygen atoms in total. The van der Waals surface area contributed by atoms with Crippen LogP contribution < -0.4 is 10.2 Å². The third kappa shape index (κ3) is 4.46. The van der Waals surface area contributed by atoms with E-state index < -0.39 is 0 Å². The van der Waals surface area contributed by atoms with Crippen molar-refractivity contribution < 1.29 is 4.79 Å². The third-order valence-electron chi connectivity index (χ3n) is 3.86. The number of aromatic nitrogens is 2. The molecule has 0 aliphatic carbocycles.